The maximum absolute atomic E-state index is 5.89. The van der Waals surface area contributed by atoms with Crippen molar-refractivity contribution in [3.63, 3.8) is 0 Å². The molecule has 0 spiro atoms. The van der Waals surface area contributed by atoms with Gasteiger partial charge in [-0.2, -0.15) is 0 Å². The third-order valence-corrected chi connectivity index (χ3v) is 4.12. The van der Waals surface area contributed by atoms with Crippen LogP contribution in [0.25, 0.3) is 10.9 Å². The fourth-order valence-corrected chi connectivity index (χ4v) is 3.21. The average molecular weight is 279 g/mol. The molecule has 0 aliphatic heterocycles. The highest BCUT2D eigenvalue weighted by molar-refractivity contribution is 9.10. The van der Waals surface area contributed by atoms with Crippen molar-refractivity contribution in [3.05, 3.63) is 33.9 Å². The van der Waals surface area contributed by atoms with Gasteiger partial charge in [0.2, 0.25) is 0 Å². The number of nitrogens with two attached hydrogens (primary N) is 1. The lowest BCUT2D eigenvalue weighted by atomic mass is 10.1. The molecule has 1 fully saturated rings. The number of nitrogens with zero attached hydrogens (tertiary/aromatic N) is 1. The zero-order valence-electron chi connectivity index (χ0n) is 9.33. The lowest BCUT2D eigenvalue weighted by Gasteiger charge is -2.07. The molecule has 3 heteroatoms. The summed E-state index contributed by atoms with van der Waals surface area (Å²) in [6.45, 7) is 2.80. The van der Waals surface area contributed by atoms with Crippen LogP contribution in [0.15, 0.2) is 22.7 Å². The van der Waals surface area contributed by atoms with Crippen LogP contribution in [0.2, 0.25) is 0 Å². The van der Waals surface area contributed by atoms with Gasteiger partial charge in [-0.15, -0.1) is 0 Å². The molecule has 0 atom stereocenters. The summed E-state index contributed by atoms with van der Waals surface area (Å²) in [5.74, 6) is 0. The van der Waals surface area contributed by atoms with Gasteiger partial charge in [0.25, 0.3) is 0 Å². The van der Waals surface area contributed by atoms with E-state index in [2.05, 4.69) is 45.6 Å². The van der Waals surface area contributed by atoms with Crippen LogP contribution in [0.1, 0.15) is 30.1 Å². The van der Waals surface area contributed by atoms with Crippen LogP contribution in [0.3, 0.4) is 0 Å². The predicted octanol–water partition coefficient (Wildman–Crippen LogP) is 3.51. The Hall–Kier alpha value is -0.800. The summed E-state index contributed by atoms with van der Waals surface area (Å²) in [5, 5.41) is 1.33. The van der Waals surface area contributed by atoms with Crippen LogP contribution in [0.4, 0.5) is 0 Å². The van der Waals surface area contributed by atoms with Crippen molar-refractivity contribution in [1.29, 1.82) is 0 Å². The molecule has 3 rings (SSSR count). The summed E-state index contributed by atoms with van der Waals surface area (Å²) in [4.78, 5) is 0. The van der Waals surface area contributed by atoms with Gasteiger partial charge < -0.3 is 10.3 Å². The number of hydrogen-bond donors (Lipinski definition) is 1. The summed E-state index contributed by atoms with van der Waals surface area (Å²) in [5.41, 5.74) is 9.85. The van der Waals surface area contributed by atoms with Gasteiger partial charge in [-0.25, -0.2) is 0 Å². The maximum atomic E-state index is 5.89. The second-order valence-corrected chi connectivity index (χ2v) is 5.37. The summed E-state index contributed by atoms with van der Waals surface area (Å²) >= 11 is 3.64. The Balaban J connectivity index is 2.41. The highest BCUT2D eigenvalue weighted by Crippen LogP contribution is 2.42. The molecular weight excluding hydrogens is 264 g/mol. The molecule has 0 radical (unpaired) electrons. The van der Waals surface area contributed by atoms with Crippen molar-refractivity contribution in [2.75, 3.05) is 0 Å². The fourth-order valence-electron chi connectivity index (χ4n) is 2.56. The number of aromatic nitrogens is 1. The van der Waals surface area contributed by atoms with Gasteiger partial charge in [0, 0.05) is 33.7 Å². The van der Waals surface area contributed by atoms with E-state index >= 15 is 0 Å². The molecule has 0 bridgehead atoms. The van der Waals surface area contributed by atoms with Gasteiger partial charge in [0.05, 0.1) is 0 Å². The maximum Gasteiger partial charge on any atom is 0.0499 e. The number of aryl methyl sites for hydroxylation is 1. The minimum absolute atomic E-state index is 0.628. The summed E-state index contributed by atoms with van der Waals surface area (Å²) < 4.78 is 3.62. The Morgan fingerprint density at radius 1 is 1.44 bits per heavy atom. The molecule has 2 N–H and O–H groups in total. The van der Waals surface area contributed by atoms with Gasteiger partial charge in [0.1, 0.15) is 0 Å². The second-order valence-electron chi connectivity index (χ2n) is 4.51. The highest BCUT2D eigenvalue weighted by Gasteiger charge is 2.28. The minimum Gasteiger partial charge on any atom is -0.340 e. The molecule has 1 saturated carbocycles. The Bertz CT molecular complexity index is 553. The molecule has 0 unspecified atom stereocenters. The third kappa shape index (κ3) is 1.35. The normalized spacial score (nSPS) is 15.9. The van der Waals surface area contributed by atoms with Crippen molar-refractivity contribution < 1.29 is 0 Å². The van der Waals surface area contributed by atoms with Crippen molar-refractivity contribution in [1.82, 2.24) is 4.57 Å². The Morgan fingerprint density at radius 3 is 2.81 bits per heavy atom. The van der Waals surface area contributed by atoms with Gasteiger partial charge in [0.15, 0.2) is 0 Å². The Morgan fingerprint density at radius 2 is 2.19 bits per heavy atom. The van der Waals surface area contributed by atoms with E-state index in [1.165, 1.54) is 39.5 Å². The first-order chi connectivity index (χ1) is 7.74. The molecule has 0 saturated heterocycles. The minimum atomic E-state index is 0.628. The first-order valence-corrected chi connectivity index (χ1v) is 6.51. The van der Waals surface area contributed by atoms with Crippen LogP contribution in [0, 0.1) is 6.92 Å². The second kappa shape index (κ2) is 3.60. The Kier molecular flexibility index (Phi) is 2.33. The van der Waals surface area contributed by atoms with Gasteiger partial charge >= 0.3 is 0 Å². The van der Waals surface area contributed by atoms with Crippen LogP contribution >= 0.6 is 15.9 Å². The smallest absolute Gasteiger partial charge is 0.0499 e. The van der Waals surface area contributed by atoms with E-state index in [1.54, 1.807) is 0 Å². The summed E-state index contributed by atoms with van der Waals surface area (Å²) in [7, 11) is 0. The molecular formula is C13H15BrN2. The van der Waals surface area contributed by atoms with Crippen molar-refractivity contribution in [3.8, 4) is 0 Å². The van der Waals surface area contributed by atoms with Crippen LogP contribution in [-0.4, -0.2) is 4.57 Å². The number of fused-ring (bicyclic) bond motifs is 1. The zero-order valence-corrected chi connectivity index (χ0v) is 10.9. The molecule has 1 aliphatic rings. The molecule has 1 heterocycles. The first-order valence-electron chi connectivity index (χ1n) is 5.72. The fraction of sp³-hybridized carbons (Fsp3) is 0.385. The molecule has 0 amide bonds. The molecule has 16 heavy (non-hydrogen) atoms. The van der Waals surface area contributed by atoms with Crippen molar-refractivity contribution >= 4 is 26.8 Å². The van der Waals surface area contributed by atoms with Crippen molar-refractivity contribution in [2.24, 2.45) is 5.73 Å². The lowest BCUT2D eigenvalue weighted by Crippen LogP contribution is -2.06. The van der Waals surface area contributed by atoms with E-state index < -0.39 is 0 Å². The lowest BCUT2D eigenvalue weighted by molar-refractivity contribution is 0.717. The van der Waals surface area contributed by atoms with E-state index in [4.69, 9.17) is 5.73 Å². The molecule has 1 aromatic carbocycles. The van der Waals surface area contributed by atoms with E-state index in [-0.39, 0.29) is 0 Å². The van der Waals surface area contributed by atoms with Crippen LogP contribution in [0.5, 0.6) is 0 Å². The topological polar surface area (TPSA) is 30.9 Å². The Labute approximate surface area is 104 Å². The van der Waals surface area contributed by atoms with E-state index in [0.717, 1.165) is 0 Å². The van der Waals surface area contributed by atoms with E-state index in [1.807, 2.05) is 0 Å². The number of halogens is 1. The summed E-state index contributed by atoms with van der Waals surface area (Å²) in [6.07, 6.45) is 2.59. The highest BCUT2D eigenvalue weighted by atomic mass is 79.9. The molecule has 1 aromatic heterocycles. The SMILES string of the molecule is Cc1c(CN)n(C2CC2)c2cccc(Br)c12. The largest absolute Gasteiger partial charge is 0.340 e. The van der Waals surface area contributed by atoms with Gasteiger partial charge in [-0.3, -0.25) is 0 Å². The van der Waals surface area contributed by atoms with E-state index in [0.29, 0.717) is 12.6 Å². The number of hydrogen-bond acceptors (Lipinski definition) is 1. The third-order valence-electron chi connectivity index (χ3n) is 3.46. The average Bonchev–Trinajstić information content (AvgIpc) is 3.05. The van der Waals surface area contributed by atoms with Gasteiger partial charge in [-0.05, 0) is 37.5 Å². The first kappa shape index (κ1) is 10.4. The number of rotatable bonds is 2. The summed E-state index contributed by atoms with van der Waals surface area (Å²) in [6, 6.07) is 7.09. The molecule has 2 nitrogen and oxygen atoms in total. The molecule has 84 valence electrons. The number of benzene rings is 1. The molecule has 2 aromatic rings. The standard InChI is InChI=1S/C13H15BrN2/c1-8-12(7-15)16(9-5-6-9)11-4-2-3-10(14)13(8)11/h2-4,9H,5-7,15H2,1H3. The van der Waals surface area contributed by atoms with Crippen LogP contribution < -0.4 is 5.73 Å². The van der Waals surface area contributed by atoms with Crippen molar-refractivity contribution in [2.45, 2.75) is 32.4 Å². The quantitative estimate of drug-likeness (QED) is 0.896. The van der Waals surface area contributed by atoms with Gasteiger partial charge in [-0.1, -0.05) is 22.0 Å². The predicted molar refractivity (Wildman–Crippen MR) is 70.5 cm³/mol. The molecule has 1 aliphatic carbocycles. The van der Waals surface area contributed by atoms with Crippen LogP contribution in [-0.2, 0) is 6.54 Å². The van der Waals surface area contributed by atoms with E-state index in [9.17, 15) is 0 Å². The monoisotopic (exact) mass is 278 g/mol. The zero-order chi connectivity index (χ0) is 11.3.